The Labute approximate surface area is 45.2 Å². The Hall–Kier alpha value is 1.16. The van der Waals surface area contributed by atoms with Gasteiger partial charge in [-0.05, 0) is 0 Å². The molecule has 0 saturated heterocycles. The fraction of sp³-hybridized carbons (Fsp3) is 0. The maximum atomic E-state index is 4.57. The minimum atomic E-state index is 0. The van der Waals surface area contributed by atoms with Crippen molar-refractivity contribution >= 4 is 9.69 Å². The monoisotopic (exact) mass is 190 g/mol. The van der Waals surface area contributed by atoms with Gasteiger partial charge in [0.05, 0.1) is 0 Å². The summed E-state index contributed by atoms with van der Waals surface area (Å²) in [4.78, 5) is 0. The van der Waals surface area contributed by atoms with Crippen molar-refractivity contribution in [3.63, 3.8) is 0 Å². The number of halogens is 2. The summed E-state index contributed by atoms with van der Waals surface area (Å²) in [6.45, 7) is 0. The van der Waals surface area contributed by atoms with E-state index in [4.69, 9.17) is 0 Å². The Morgan fingerprint density at radius 2 is 1.25 bits per heavy atom. The van der Waals surface area contributed by atoms with Gasteiger partial charge < -0.3 is 17.9 Å². The van der Waals surface area contributed by atoms with Crippen molar-refractivity contribution in [2.24, 2.45) is 0 Å². The molecule has 0 fully saturated rings. The molecule has 0 spiro atoms. The molecule has 0 radical (unpaired) electrons. The number of rotatable bonds is 0. The van der Waals surface area contributed by atoms with Crippen molar-refractivity contribution < 1.29 is 35.2 Å². The third-order valence-corrected chi connectivity index (χ3v) is 0. The van der Waals surface area contributed by atoms with Crippen LogP contribution in [-0.2, 0) is 17.3 Å². The average Bonchev–Trinajstić information content (AvgIpc) is 1.00. The van der Waals surface area contributed by atoms with Crippen molar-refractivity contribution in [2.75, 3.05) is 0 Å². The Kier molecular flexibility index (Phi) is 147. The second-order valence-electron chi connectivity index (χ2n) is 0. The van der Waals surface area contributed by atoms with Crippen LogP contribution >= 0.6 is 9.69 Å². The third-order valence-electron chi connectivity index (χ3n) is 0. The summed E-state index contributed by atoms with van der Waals surface area (Å²) in [5.74, 6) is 0. The fourth-order valence-electron chi connectivity index (χ4n) is 0. The molecule has 4 heteroatoms. The molecule has 0 aromatic rings. The van der Waals surface area contributed by atoms with E-state index in [1.54, 1.807) is 0 Å². The van der Waals surface area contributed by atoms with Gasteiger partial charge in [0.1, 0.15) is 0 Å². The van der Waals surface area contributed by atoms with Crippen LogP contribution in [-0.4, -0.2) is 5.48 Å². The van der Waals surface area contributed by atoms with E-state index in [1.165, 1.54) is 0 Å². The van der Waals surface area contributed by atoms with E-state index in [1.807, 2.05) is 17.3 Å². The predicted octanol–water partition coefficient (Wildman–Crippen LogP) is -3.13. The Morgan fingerprint density at radius 1 is 1.25 bits per heavy atom. The van der Waals surface area contributed by atoms with Crippen LogP contribution in [0.25, 0.3) is 0 Å². The van der Waals surface area contributed by atoms with E-state index in [0.717, 1.165) is 0 Å². The molecule has 0 aliphatic rings. The van der Waals surface area contributed by atoms with Gasteiger partial charge in [0.15, 0.2) is 0 Å². The first-order valence-corrected chi connectivity index (χ1v) is 2.37. The van der Waals surface area contributed by atoms with E-state index >= 15 is 0 Å². The molecular weight excluding hydrogens is 188 g/mol. The van der Waals surface area contributed by atoms with E-state index < -0.39 is 0 Å². The van der Waals surface area contributed by atoms with Gasteiger partial charge >= 0.3 is 27.0 Å². The summed E-state index contributed by atoms with van der Waals surface area (Å²) in [7, 11) is 4.57. The van der Waals surface area contributed by atoms with Crippen LogP contribution < -0.4 is 12.4 Å². The zero-order chi connectivity index (χ0) is 2.00. The van der Waals surface area contributed by atoms with Crippen molar-refractivity contribution in [1.82, 2.24) is 0 Å². The molecule has 0 aromatic heterocycles. The Bertz CT molecular complexity index is 6.00. The maximum absolute atomic E-state index is 4.57. The molecule has 0 heterocycles. The predicted molar refractivity (Wildman–Crippen MR) is 9.47 cm³/mol. The molecule has 0 amide bonds. The zero-order valence-corrected chi connectivity index (χ0v) is 4.86. The molecular formula is H2Cl2ORu-. The fourth-order valence-corrected chi connectivity index (χ4v) is 0. The van der Waals surface area contributed by atoms with Gasteiger partial charge in [-0.3, -0.25) is 0 Å². The molecule has 0 rings (SSSR count). The van der Waals surface area contributed by atoms with Crippen molar-refractivity contribution in [1.29, 1.82) is 0 Å². The van der Waals surface area contributed by atoms with Crippen molar-refractivity contribution in [3.8, 4) is 0 Å². The number of hydrogen-bond acceptors (Lipinski definition) is 0. The van der Waals surface area contributed by atoms with E-state index in [-0.39, 0.29) is 17.9 Å². The van der Waals surface area contributed by atoms with Crippen molar-refractivity contribution in [2.45, 2.75) is 0 Å². The minimum absolute atomic E-state index is 0. The van der Waals surface area contributed by atoms with E-state index in [9.17, 15) is 0 Å². The first-order chi connectivity index (χ1) is 1.00. The zero-order valence-electron chi connectivity index (χ0n) is 1.61. The summed E-state index contributed by atoms with van der Waals surface area (Å²) in [6.07, 6.45) is 0. The summed E-state index contributed by atoms with van der Waals surface area (Å²) < 4.78 is 0. The summed E-state index contributed by atoms with van der Waals surface area (Å²) in [5, 5.41) is 0. The summed E-state index contributed by atoms with van der Waals surface area (Å²) in [6, 6.07) is 0. The number of hydrogen-bond donors (Lipinski definition) is 0. The van der Waals surface area contributed by atoms with Crippen LogP contribution in [0.4, 0.5) is 0 Å². The van der Waals surface area contributed by atoms with Gasteiger partial charge in [-0.15, -0.1) is 0 Å². The Morgan fingerprint density at radius 3 is 1.25 bits per heavy atom. The standard InChI is InChI=1S/2ClH.H2O.Ru/h2*1H;1H2;/q;;;+1/p-2. The second kappa shape index (κ2) is 30.8. The van der Waals surface area contributed by atoms with Gasteiger partial charge in [-0.25, -0.2) is 0 Å². The SMILES string of the molecule is O.[Cl-].[Cl][Ru]. The van der Waals surface area contributed by atoms with Crippen LogP contribution in [0.1, 0.15) is 0 Å². The van der Waals surface area contributed by atoms with Crippen LogP contribution in [0.15, 0.2) is 0 Å². The molecule has 0 aliphatic heterocycles. The first-order valence-electron chi connectivity index (χ1n) is 0.134. The molecule has 4 heavy (non-hydrogen) atoms. The van der Waals surface area contributed by atoms with Crippen molar-refractivity contribution in [3.05, 3.63) is 0 Å². The van der Waals surface area contributed by atoms with Crippen LogP contribution in [0, 0.1) is 0 Å². The summed E-state index contributed by atoms with van der Waals surface area (Å²) >= 11 is 1.82. The Balaban J connectivity index is -0.00000000500. The first kappa shape index (κ1) is 19.1. The van der Waals surface area contributed by atoms with Gasteiger partial charge in [0.25, 0.3) is 0 Å². The second-order valence-corrected chi connectivity index (χ2v) is 0. The van der Waals surface area contributed by atoms with Crippen LogP contribution in [0.3, 0.4) is 0 Å². The van der Waals surface area contributed by atoms with Gasteiger partial charge in [0.2, 0.25) is 0 Å². The molecule has 1 nitrogen and oxygen atoms in total. The van der Waals surface area contributed by atoms with Gasteiger partial charge in [0, 0.05) is 0 Å². The van der Waals surface area contributed by atoms with E-state index in [2.05, 4.69) is 9.69 Å². The molecule has 2 N–H and O–H groups in total. The quantitative estimate of drug-likeness (QED) is 0.362. The normalized spacial score (nSPS) is 1.50. The van der Waals surface area contributed by atoms with Crippen LogP contribution in [0.2, 0.25) is 0 Å². The third kappa shape index (κ3) is 10.9. The molecule has 0 unspecified atom stereocenters. The molecule has 0 saturated carbocycles. The van der Waals surface area contributed by atoms with Gasteiger partial charge in [-0.1, -0.05) is 0 Å². The average molecular weight is 190 g/mol. The molecule has 0 atom stereocenters. The van der Waals surface area contributed by atoms with E-state index in [0.29, 0.717) is 0 Å². The van der Waals surface area contributed by atoms with Gasteiger partial charge in [-0.2, -0.15) is 0 Å². The summed E-state index contributed by atoms with van der Waals surface area (Å²) in [5.41, 5.74) is 0. The molecule has 0 aliphatic carbocycles. The topological polar surface area (TPSA) is 31.5 Å². The molecule has 0 bridgehead atoms. The molecule has 0 aromatic carbocycles. The van der Waals surface area contributed by atoms with Crippen LogP contribution in [0.5, 0.6) is 0 Å². The molecule has 31 valence electrons.